The Kier molecular flexibility index (Phi) is 5.04. The van der Waals surface area contributed by atoms with Crippen LogP contribution in [0.15, 0.2) is 61.6 Å². The third-order valence-corrected chi connectivity index (χ3v) is 5.85. The maximum atomic E-state index is 4.92. The van der Waals surface area contributed by atoms with Crippen LogP contribution in [-0.4, -0.2) is 59.1 Å². The van der Waals surface area contributed by atoms with Crippen molar-refractivity contribution in [2.24, 2.45) is 0 Å². The summed E-state index contributed by atoms with van der Waals surface area (Å²) in [6, 6.07) is 6.30. The summed E-state index contributed by atoms with van der Waals surface area (Å²) in [5.41, 5.74) is 9.17. The lowest BCUT2D eigenvalue weighted by atomic mass is 10.1. The summed E-state index contributed by atoms with van der Waals surface area (Å²) in [5, 5.41) is 8.40. The Bertz CT molecular complexity index is 1680. The minimum Gasteiger partial charge on any atom is -0.335 e. The van der Waals surface area contributed by atoms with E-state index in [1.165, 1.54) is 0 Å². The van der Waals surface area contributed by atoms with Crippen LogP contribution in [0.1, 0.15) is 11.1 Å². The van der Waals surface area contributed by atoms with Crippen LogP contribution in [0.3, 0.4) is 0 Å². The van der Waals surface area contributed by atoms with Gasteiger partial charge in [-0.25, -0.2) is 9.97 Å². The van der Waals surface area contributed by atoms with Gasteiger partial charge < -0.3 is 9.88 Å². The molecule has 0 bridgehead atoms. The van der Waals surface area contributed by atoms with Gasteiger partial charge in [0.05, 0.1) is 17.1 Å². The van der Waals surface area contributed by atoms with E-state index in [9.17, 15) is 0 Å². The van der Waals surface area contributed by atoms with E-state index in [2.05, 4.69) is 58.2 Å². The van der Waals surface area contributed by atoms with Crippen LogP contribution in [0.25, 0.3) is 55.8 Å². The van der Waals surface area contributed by atoms with E-state index in [4.69, 9.17) is 4.98 Å². The van der Waals surface area contributed by atoms with Crippen molar-refractivity contribution in [3.05, 3.63) is 72.7 Å². The van der Waals surface area contributed by atoms with E-state index in [0.717, 1.165) is 62.0 Å². The van der Waals surface area contributed by atoms with E-state index in [0.29, 0.717) is 11.5 Å². The van der Waals surface area contributed by atoms with Crippen LogP contribution in [0.4, 0.5) is 0 Å². The molecule has 0 aliphatic rings. The van der Waals surface area contributed by atoms with Crippen molar-refractivity contribution < 1.29 is 0 Å². The lowest BCUT2D eigenvalue weighted by Crippen LogP contribution is -2.10. The second-order valence-electron chi connectivity index (χ2n) is 8.93. The quantitative estimate of drug-likeness (QED) is 0.391. The highest BCUT2D eigenvalue weighted by molar-refractivity contribution is 5.96. The first-order valence-electron chi connectivity index (χ1n) is 11.2. The summed E-state index contributed by atoms with van der Waals surface area (Å²) >= 11 is 0. The van der Waals surface area contributed by atoms with Crippen LogP contribution in [0, 0.1) is 6.92 Å². The Morgan fingerprint density at radius 3 is 2.49 bits per heavy atom. The predicted molar refractivity (Wildman–Crippen MR) is 135 cm³/mol. The van der Waals surface area contributed by atoms with Crippen molar-refractivity contribution in [2.45, 2.75) is 13.5 Å². The van der Waals surface area contributed by atoms with Gasteiger partial charge in [0.2, 0.25) is 0 Å². The molecule has 9 nitrogen and oxygen atoms in total. The number of hydrogen-bond donors (Lipinski definition) is 2. The first-order chi connectivity index (χ1) is 17.0. The van der Waals surface area contributed by atoms with E-state index >= 15 is 0 Å². The normalized spacial score (nSPS) is 11.7. The summed E-state index contributed by atoms with van der Waals surface area (Å²) in [7, 11) is 4.09. The lowest BCUT2D eigenvalue weighted by molar-refractivity contribution is 0.402. The summed E-state index contributed by atoms with van der Waals surface area (Å²) in [5.74, 6) is 0.677. The molecule has 6 heterocycles. The molecule has 0 unspecified atom stereocenters. The Labute approximate surface area is 201 Å². The van der Waals surface area contributed by atoms with Gasteiger partial charge in [0.25, 0.3) is 0 Å². The zero-order valence-corrected chi connectivity index (χ0v) is 19.6. The minimum atomic E-state index is 0.628. The average molecular weight is 462 g/mol. The third-order valence-electron chi connectivity index (χ3n) is 5.85. The zero-order valence-electron chi connectivity index (χ0n) is 19.6. The number of rotatable bonds is 5. The second-order valence-corrected chi connectivity index (χ2v) is 8.93. The van der Waals surface area contributed by atoms with Crippen LogP contribution < -0.4 is 0 Å². The number of fused-ring (bicyclic) bond motifs is 2. The molecule has 9 heteroatoms. The van der Waals surface area contributed by atoms with Gasteiger partial charge in [0.1, 0.15) is 11.2 Å². The first-order valence-corrected chi connectivity index (χ1v) is 11.2. The molecule has 0 saturated heterocycles. The molecule has 6 aromatic heterocycles. The molecule has 0 amide bonds. The fourth-order valence-electron chi connectivity index (χ4n) is 4.30. The first kappa shape index (κ1) is 21.1. The van der Waals surface area contributed by atoms with Crippen molar-refractivity contribution in [1.82, 2.24) is 45.0 Å². The Hall–Kier alpha value is -4.50. The van der Waals surface area contributed by atoms with Crippen LogP contribution in [-0.2, 0) is 6.54 Å². The van der Waals surface area contributed by atoms with Gasteiger partial charge in [-0.05, 0) is 50.3 Å². The van der Waals surface area contributed by atoms with E-state index in [1.807, 2.05) is 58.2 Å². The number of imidazole rings is 1. The van der Waals surface area contributed by atoms with Crippen molar-refractivity contribution in [3.8, 4) is 33.8 Å². The van der Waals surface area contributed by atoms with E-state index in [-0.39, 0.29) is 0 Å². The molecule has 2 N–H and O–H groups in total. The van der Waals surface area contributed by atoms with Crippen LogP contribution in [0.5, 0.6) is 0 Å². The third kappa shape index (κ3) is 3.91. The van der Waals surface area contributed by atoms with Gasteiger partial charge in [-0.1, -0.05) is 0 Å². The molecule has 6 rings (SSSR count). The maximum absolute atomic E-state index is 4.92. The number of H-pyrrole nitrogens is 2. The van der Waals surface area contributed by atoms with E-state index in [1.54, 1.807) is 6.20 Å². The predicted octanol–water partition coefficient (Wildman–Crippen LogP) is 4.39. The van der Waals surface area contributed by atoms with Gasteiger partial charge in [0, 0.05) is 66.0 Å². The summed E-state index contributed by atoms with van der Waals surface area (Å²) in [4.78, 5) is 28.2. The van der Waals surface area contributed by atoms with Gasteiger partial charge in [-0.2, -0.15) is 5.10 Å². The number of aryl methyl sites for hydroxylation is 1. The van der Waals surface area contributed by atoms with Gasteiger partial charge in [-0.3, -0.25) is 20.1 Å². The number of aromatic amines is 2. The van der Waals surface area contributed by atoms with Crippen molar-refractivity contribution in [2.75, 3.05) is 14.1 Å². The average Bonchev–Trinajstić information content (AvgIpc) is 3.47. The number of nitrogens with zero attached hydrogens (tertiary/aromatic N) is 7. The monoisotopic (exact) mass is 461 g/mol. The molecule has 0 atom stereocenters. The zero-order chi connectivity index (χ0) is 23.9. The van der Waals surface area contributed by atoms with Gasteiger partial charge >= 0.3 is 0 Å². The highest BCUT2D eigenvalue weighted by Crippen LogP contribution is 2.32. The molecular formula is C26H23N9. The van der Waals surface area contributed by atoms with Crippen LogP contribution in [0.2, 0.25) is 0 Å². The van der Waals surface area contributed by atoms with Crippen molar-refractivity contribution >= 4 is 22.1 Å². The highest BCUT2D eigenvalue weighted by atomic mass is 15.2. The Morgan fingerprint density at radius 2 is 1.63 bits per heavy atom. The Morgan fingerprint density at radius 1 is 0.829 bits per heavy atom. The van der Waals surface area contributed by atoms with Crippen molar-refractivity contribution in [3.63, 3.8) is 0 Å². The molecule has 0 aliphatic heterocycles. The van der Waals surface area contributed by atoms with Crippen LogP contribution >= 0.6 is 0 Å². The molecule has 6 aromatic rings. The molecule has 0 radical (unpaired) electrons. The van der Waals surface area contributed by atoms with Gasteiger partial charge in [-0.15, -0.1) is 0 Å². The Balaban J connectivity index is 1.45. The SMILES string of the molecule is Cc1cncc(-c2cncc3[nH]c(-c4[nH]nc5ncc(-c6cncc(CN(C)C)c6)cc45)nc23)c1. The summed E-state index contributed by atoms with van der Waals surface area (Å²) in [6.07, 6.45) is 12.8. The van der Waals surface area contributed by atoms with Gasteiger partial charge in [0.15, 0.2) is 11.5 Å². The number of aromatic nitrogens is 8. The molecule has 0 aromatic carbocycles. The smallest absolute Gasteiger partial charge is 0.181 e. The summed E-state index contributed by atoms with van der Waals surface area (Å²) < 4.78 is 0. The number of nitrogens with one attached hydrogen (secondary N) is 2. The lowest BCUT2D eigenvalue weighted by Gasteiger charge is -2.10. The number of hydrogen-bond acceptors (Lipinski definition) is 7. The maximum Gasteiger partial charge on any atom is 0.181 e. The fraction of sp³-hybridized carbons (Fsp3) is 0.154. The molecular weight excluding hydrogens is 438 g/mol. The van der Waals surface area contributed by atoms with Crippen molar-refractivity contribution in [1.29, 1.82) is 0 Å². The topological polar surface area (TPSA) is 112 Å². The molecule has 35 heavy (non-hydrogen) atoms. The molecule has 172 valence electrons. The highest BCUT2D eigenvalue weighted by Gasteiger charge is 2.16. The standard InChI is InChI=1S/C26H23N9/c1-15-4-19(10-27-7-15)21-12-29-13-22-23(21)32-26(31-22)24-20-6-18(11-30-25(20)34-33-24)17-5-16(8-28-9-17)14-35(2)3/h4-13H,14H2,1-3H3,(H,31,32)(H,30,33,34). The largest absolute Gasteiger partial charge is 0.335 e. The fourth-order valence-corrected chi connectivity index (χ4v) is 4.30. The number of pyridine rings is 4. The molecule has 0 spiro atoms. The molecule has 0 aliphatic carbocycles. The summed E-state index contributed by atoms with van der Waals surface area (Å²) in [6.45, 7) is 2.84. The second kappa shape index (κ2) is 8.37. The molecule has 0 saturated carbocycles. The minimum absolute atomic E-state index is 0.628. The molecule has 0 fully saturated rings. The van der Waals surface area contributed by atoms with E-state index < -0.39 is 0 Å².